The number of amides is 1. The molecule has 1 unspecified atom stereocenters. The number of fused-ring (bicyclic) bond motifs is 1. The first-order chi connectivity index (χ1) is 18.2. The second kappa shape index (κ2) is 10.3. The van der Waals surface area contributed by atoms with Gasteiger partial charge in [-0.1, -0.05) is 48.6 Å². The van der Waals surface area contributed by atoms with Crippen LogP contribution < -0.4 is 10.2 Å². The van der Waals surface area contributed by atoms with E-state index in [9.17, 15) is 17.6 Å². The van der Waals surface area contributed by atoms with Gasteiger partial charge in [-0.2, -0.15) is 0 Å². The lowest BCUT2D eigenvalue weighted by Gasteiger charge is -2.12. The Morgan fingerprint density at radius 1 is 1.03 bits per heavy atom. The number of aromatic nitrogens is 1. The summed E-state index contributed by atoms with van der Waals surface area (Å²) in [5, 5.41) is 3.62. The Kier molecular flexibility index (Phi) is 6.91. The molecule has 0 saturated heterocycles. The van der Waals surface area contributed by atoms with E-state index in [0.717, 1.165) is 27.8 Å². The van der Waals surface area contributed by atoms with Gasteiger partial charge < -0.3 is 10.2 Å². The van der Waals surface area contributed by atoms with Crippen LogP contribution in [0.3, 0.4) is 0 Å². The third-order valence-electron chi connectivity index (χ3n) is 6.62. The lowest BCUT2D eigenvalue weighted by Crippen LogP contribution is -2.26. The molecule has 0 bridgehead atoms. The van der Waals surface area contributed by atoms with Gasteiger partial charge in [-0.15, -0.1) is 0 Å². The molecule has 8 heteroatoms. The van der Waals surface area contributed by atoms with Crippen molar-refractivity contribution < 1.29 is 17.6 Å². The van der Waals surface area contributed by atoms with Crippen molar-refractivity contribution in [2.45, 2.75) is 17.5 Å². The van der Waals surface area contributed by atoms with Crippen molar-refractivity contribution in [2.24, 2.45) is 0 Å². The Labute approximate surface area is 221 Å². The minimum Gasteiger partial charge on any atom is -0.378 e. The van der Waals surface area contributed by atoms with Crippen LogP contribution in [0.15, 0.2) is 108 Å². The van der Waals surface area contributed by atoms with Crippen LogP contribution in [-0.2, 0) is 10.0 Å². The van der Waals surface area contributed by atoms with E-state index in [1.54, 1.807) is 24.4 Å². The normalized spacial score (nSPS) is 15.3. The summed E-state index contributed by atoms with van der Waals surface area (Å²) < 4.78 is 41.9. The molecule has 0 radical (unpaired) electrons. The number of hydrogen-bond donors (Lipinski definition) is 1. The van der Waals surface area contributed by atoms with Gasteiger partial charge in [0.05, 0.1) is 10.4 Å². The van der Waals surface area contributed by atoms with Gasteiger partial charge in [0.1, 0.15) is 6.17 Å². The van der Waals surface area contributed by atoms with Crippen LogP contribution in [0.1, 0.15) is 16.8 Å². The summed E-state index contributed by atoms with van der Waals surface area (Å²) in [5.41, 5.74) is 4.53. The molecule has 3 aromatic carbocycles. The standard InChI is InChI=1S/C30H28FN3O3S/c1-33(2)25-15-9-22(10-16-25)28-20-34(29-6-4-3-5-27(28)29)38(36,37)26-17-11-23(12-18-26)30(35)32-19-21-7-13-24(31)14-8-21/h3-13,15-18,20,24H,14,19H2,1-2H3,(H,32,35). The molecule has 0 fully saturated rings. The number of para-hydroxylation sites is 1. The van der Waals surface area contributed by atoms with Crippen molar-refractivity contribution in [3.05, 3.63) is 108 Å². The Morgan fingerprint density at radius 2 is 1.74 bits per heavy atom. The maximum Gasteiger partial charge on any atom is 0.268 e. The number of nitrogens with one attached hydrogen (secondary N) is 1. The van der Waals surface area contributed by atoms with Crippen molar-refractivity contribution in [1.82, 2.24) is 9.29 Å². The number of carbonyl (C=O) groups excluding carboxylic acids is 1. The van der Waals surface area contributed by atoms with Crippen LogP contribution in [0.4, 0.5) is 10.1 Å². The number of allylic oxidation sites excluding steroid dienone is 2. The number of nitrogens with zero attached hydrogens (tertiary/aromatic N) is 2. The van der Waals surface area contributed by atoms with Crippen molar-refractivity contribution in [1.29, 1.82) is 0 Å². The number of rotatable bonds is 7. The van der Waals surface area contributed by atoms with Crippen LogP contribution in [0.25, 0.3) is 22.0 Å². The first-order valence-corrected chi connectivity index (χ1v) is 13.7. The Hall–Kier alpha value is -4.17. The molecule has 1 aliphatic rings. The van der Waals surface area contributed by atoms with Gasteiger partial charge in [-0.05, 0) is 53.6 Å². The molecule has 38 heavy (non-hydrogen) atoms. The average Bonchev–Trinajstić information content (AvgIpc) is 3.33. The molecule has 0 aliphatic heterocycles. The minimum atomic E-state index is -3.93. The molecular weight excluding hydrogens is 501 g/mol. The number of hydrogen-bond acceptors (Lipinski definition) is 4. The molecule has 1 atom stereocenters. The van der Waals surface area contributed by atoms with E-state index >= 15 is 0 Å². The topological polar surface area (TPSA) is 71.4 Å². The van der Waals surface area contributed by atoms with E-state index in [4.69, 9.17) is 0 Å². The fourth-order valence-corrected chi connectivity index (χ4v) is 5.83. The highest BCUT2D eigenvalue weighted by molar-refractivity contribution is 7.90. The summed E-state index contributed by atoms with van der Waals surface area (Å²) >= 11 is 0. The van der Waals surface area contributed by atoms with Crippen molar-refractivity contribution in [2.75, 3.05) is 25.5 Å². The first-order valence-electron chi connectivity index (χ1n) is 12.3. The predicted molar refractivity (Wildman–Crippen MR) is 150 cm³/mol. The SMILES string of the molecule is CN(C)c1ccc(-c2cn(S(=O)(=O)c3ccc(C(=O)NCC4=CCC(F)C=C4)cc3)c3ccccc23)cc1. The Morgan fingerprint density at radius 3 is 2.39 bits per heavy atom. The van der Waals surface area contributed by atoms with Gasteiger partial charge in [-0.3, -0.25) is 4.79 Å². The van der Waals surface area contributed by atoms with Gasteiger partial charge in [0.2, 0.25) is 0 Å². The zero-order chi connectivity index (χ0) is 26.9. The predicted octanol–water partition coefficient (Wildman–Crippen LogP) is 5.57. The maximum absolute atomic E-state index is 13.7. The Balaban J connectivity index is 1.41. The summed E-state index contributed by atoms with van der Waals surface area (Å²) in [6, 6.07) is 21.2. The van der Waals surface area contributed by atoms with E-state index in [2.05, 4.69) is 5.32 Å². The van der Waals surface area contributed by atoms with Gasteiger partial charge in [0.15, 0.2) is 0 Å². The highest BCUT2D eigenvalue weighted by Crippen LogP contribution is 2.34. The number of anilines is 1. The van der Waals surface area contributed by atoms with E-state index in [1.165, 1.54) is 34.3 Å². The molecular formula is C30H28FN3O3S. The first kappa shape index (κ1) is 25.5. The quantitative estimate of drug-likeness (QED) is 0.340. The number of halogens is 1. The molecule has 194 valence electrons. The van der Waals surface area contributed by atoms with Crippen LogP contribution in [-0.4, -0.2) is 45.1 Å². The zero-order valence-corrected chi connectivity index (χ0v) is 22.0. The van der Waals surface area contributed by atoms with Gasteiger partial charge in [-0.25, -0.2) is 16.8 Å². The highest BCUT2D eigenvalue weighted by atomic mass is 32.2. The second-order valence-electron chi connectivity index (χ2n) is 9.40. The van der Waals surface area contributed by atoms with Crippen molar-refractivity contribution >= 4 is 32.5 Å². The molecule has 1 amide bonds. The lowest BCUT2D eigenvalue weighted by atomic mass is 10.0. The molecule has 1 heterocycles. The second-order valence-corrected chi connectivity index (χ2v) is 11.2. The minimum absolute atomic E-state index is 0.0798. The summed E-state index contributed by atoms with van der Waals surface area (Å²) in [7, 11) is 0.00788. The van der Waals surface area contributed by atoms with E-state index in [1.807, 2.05) is 61.5 Å². The zero-order valence-electron chi connectivity index (χ0n) is 21.1. The maximum atomic E-state index is 13.7. The van der Waals surface area contributed by atoms with Crippen LogP contribution in [0.5, 0.6) is 0 Å². The van der Waals surface area contributed by atoms with Gasteiger partial charge >= 0.3 is 0 Å². The van der Waals surface area contributed by atoms with E-state index in [0.29, 0.717) is 17.5 Å². The summed E-state index contributed by atoms with van der Waals surface area (Å²) in [6.07, 6.45) is 5.85. The molecule has 0 spiro atoms. The number of benzene rings is 3. The molecule has 4 aromatic rings. The largest absolute Gasteiger partial charge is 0.378 e. The molecule has 1 N–H and O–H groups in total. The third-order valence-corrected chi connectivity index (χ3v) is 8.31. The molecule has 1 aromatic heterocycles. The van der Waals surface area contributed by atoms with Crippen molar-refractivity contribution in [3.63, 3.8) is 0 Å². The van der Waals surface area contributed by atoms with Gasteiger partial charge in [0, 0.05) is 55.5 Å². The average molecular weight is 530 g/mol. The van der Waals surface area contributed by atoms with Crippen molar-refractivity contribution in [3.8, 4) is 11.1 Å². The molecule has 5 rings (SSSR count). The highest BCUT2D eigenvalue weighted by Gasteiger charge is 2.22. The monoisotopic (exact) mass is 529 g/mol. The summed E-state index contributed by atoms with van der Waals surface area (Å²) in [4.78, 5) is 14.7. The van der Waals surface area contributed by atoms with Crippen LogP contribution >= 0.6 is 0 Å². The molecule has 6 nitrogen and oxygen atoms in total. The van der Waals surface area contributed by atoms with Crippen LogP contribution in [0.2, 0.25) is 0 Å². The van der Waals surface area contributed by atoms with Gasteiger partial charge in [0.25, 0.3) is 15.9 Å². The fraction of sp³-hybridized carbons (Fsp3) is 0.167. The number of alkyl halides is 1. The molecule has 0 saturated carbocycles. The summed E-state index contributed by atoms with van der Waals surface area (Å²) in [5.74, 6) is -0.333. The van der Waals surface area contributed by atoms with E-state index in [-0.39, 0.29) is 17.3 Å². The Bertz CT molecular complexity index is 1650. The lowest BCUT2D eigenvalue weighted by molar-refractivity contribution is 0.0957. The summed E-state index contributed by atoms with van der Waals surface area (Å²) in [6.45, 7) is 0.274. The molecule has 1 aliphatic carbocycles. The smallest absolute Gasteiger partial charge is 0.268 e. The fourth-order valence-electron chi connectivity index (χ4n) is 4.46. The third kappa shape index (κ3) is 4.99. The number of carbonyl (C=O) groups is 1. The van der Waals surface area contributed by atoms with E-state index < -0.39 is 16.2 Å². The van der Waals surface area contributed by atoms with Crippen LogP contribution in [0, 0.1) is 0 Å².